The maximum Gasteiger partial charge on any atom is 0.312 e. The van der Waals surface area contributed by atoms with Crippen molar-refractivity contribution in [1.82, 2.24) is 14.8 Å². The summed E-state index contributed by atoms with van der Waals surface area (Å²) in [4.78, 5) is 44.3. The third-order valence-electron chi connectivity index (χ3n) is 4.80. The molecule has 1 aliphatic rings. The van der Waals surface area contributed by atoms with E-state index in [0.29, 0.717) is 18.8 Å². The Morgan fingerprint density at radius 3 is 2.62 bits per heavy atom. The lowest BCUT2D eigenvalue weighted by molar-refractivity contribution is -0.157. The molecule has 1 aromatic carbocycles. The summed E-state index contributed by atoms with van der Waals surface area (Å²) in [6, 6.07) is 9.85. The second kappa shape index (κ2) is 8.81. The standard InChI is InChI=1S/C21H23FN4O3/c1-14-6-7-17(22)18(11-14)24-19(27)15(2)12-25-9-10-26(21(29)20(25)28)13-16-5-3-4-8-23-16/h3-8,11,15H,9-10,12-13H2,1-2H3,(H,24,27). The fourth-order valence-corrected chi connectivity index (χ4v) is 3.13. The van der Waals surface area contributed by atoms with E-state index in [2.05, 4.69) is 10.3 Å². The average molecular weight is 398 g/mol. The Labute approximate surface area is 168 Å². The van der Waals surface area contributed by atoms with Crippen molar-refractivity contribution >= 4 is 23.4 Å². The third-order valence-corrected chi connectivity index (χ3v) is 4.80. The lowest BCUT2D eigenvalue weighted by Crippen LogP contribution is -2.55. The molecule has 3 amide bonds. The van der Waals surface area contributed by atoms with Crippen molar-refractivity contribution < 1.29 is 18.8 Å². The molecule has 1 N–H and O–H groups in total. The smallest absolute Gasteiger partial charge is 0.312 e. The molecule has 0 bridgehead atoms. The van der Waals surface area contributed by atoms with E-state index < -0.39 is 29.5 Å². The predicted molar refractivity (Wildman–Crippen MR) is 105 cm³/mol. The van der Waals surface area contributed by atoms with E-state index in [1.54, 1.807) is 44.3 Å². The molecule has 0 spiro atoms. The monoisotopic (exact) mass is 398 g/mol. The van der Waals surface area contributed by atoms with Crippen molar-refractivity contribution in [2.24, 2.45) is 5.92 Å². The largest absolute Gasteiger partial charge is 0.332 e. The Bertz CT molecular complexity index is 919. The van der Waals surface area contributed by atoms with Gasteiger partial charge in [-0.25, -0.2) is 4.39 Å². The first-order chi connectivity index (χ1) is 13.8. The van der Waals surface area contributed by atoms with E-state index in [0.717, 1.165) is 5.56 Å². The van der Waals surface area contributed by atoms with Crippen LogP contribution in [0.1, 0.15) is 18.2 Å². The van der Waals surface area contributed by atoms with Gasteiger partial charge in [-0.2, -0.15) is 0 Å². The van der Waals surface area contributed by atoms with Gasteiger partial charge in [-0.05, 0) is 36.8 Å². The minimum absolute atomic E-state index is 0.0846. The van der Waals surface area contributed by atoms with Crippen LogP contribution in [0.3, 0.4) is 0 Å². The molecule has 1 unspecified atom stereocenters. The Balaban J connectivity index is 1.57. The van der Waals surface area contributed by atoms with Crippen LogP contribution >= 0.6 is 0 Å². The first kappa shape index (κ1) is 20.4. The van der Waals surface area contributed by atoms with Gasteiger partial charge in [-0.15, -0.1) is 0 Å². The number of piperazine rings is 1. The molecule has 2 aromatic rings. The Kier molecular flexibility index (Phi) is 6.21. The predicted octanol–water partition coefficient (Wildman–Crippen LogP) is 1.97. The van der Waals surface area contributed by atoms with E-state index >= 15 is 0 Å². The number of halogens is 1. The molecule has 0 saturated carbocycles. The highest BCUT2D eigenvalue weighted by Gasteiger charge is 2.34. The third kappa shape index (κ3) is 4.96. The van der Waals surface area contributed by atoms with Crippen LogP contribution in [0.2, 0.25) is 0 Å². The van der Waals surface area contributed by atoms with Gasteiger partial charge in [-0.1, -0.05) is 19.1 Å². The van der Waals surface area contributed by atoms with Crippen molar-refractivity contribution in [2.45, 2.75) is 20.4 Å². The number of amides is 3. The molecule has 0 aliphatic carbocycles. The van der Waals surface area contributed by atoms with E-state index in [-0.39, 0.29) is 18.8 Å². The SMILES string of the molecule is Cc1ccc(F)c(NC(=O)C(C)CN2CCN(Cc3ccccn3)C(=O)C2=O)c1. The first-order valence-corrected chi connectivity index (χ1v) is 9.40. The number of hydrogen-bond acceptors (Lipinski definition) is 4. The van der Waals surface area contributed by atoms with Gasteiger partial charge in [0, 0.05) is 25.8 Å². The van der Waals surface area contributed by atoms with Crippen LogP contribution < -0.4 is 5.32 Å². The minimum atomic E-state index is -0.645. The fraction of sp³-hybridized carbons (Fsp3) is 0.333. The molecular weight excluding hydrogens is 375 g/mol. The van der Waals surface area contributed by atoms with Gasteiger partial charge < -0.3 is 15.1 Å². The molecule has 3 rings (SSSR count). The highest BCUT2D eigenvalue weighted by molar-refractivity contribution is 6.35. The summed E-state index contributed by atoms with van der Waals surface area (Å²) in [7, 11) is 0. The van der Waals surface area contributed by atoms with Crippen molar-refractivity contribution in [3.63, 3.8) is 0 Å². The number of rotatable bonds is 6. The molecule has 152 valence electrons. The van der Waals surface area contributed by atoms with Crippen LogP contribution in [0.5, 0.6) is 0 Å². The fourth-order valence-electron chi connectivity index (χ4n) is 3.13. The first-order valence-electron chi connectivity index (χ1n) is 9.40. The number of benzene rings is 1. The molecule has 1 fully saturated rings. The lowest BCUT2D eigenvalue weighted by atomic mass is 10.1. The van der Waals surface area contributed by atoms with E-state index in [1.807, 2.05) is 6.07 Å². The van der Waals surface area contributed by atoms with Crippen LogP contribution in [0, 0.1) is 18.7 Å². The van der Waals surface area contributed by atoms with Crippen molar-refractivity contribution in [1.29, 1.82) is 0 Å². The Morgan fingerprint density at radius 2 is 1.90 bits per heavy atom. The maximum absolute atomic E-state index is 13.9. The average Bonchev–Trinajstić information content (AvgIpc) is 2.71. The molecule has 1 aliphatic heterocycles. The normalized spacial score (nSPS) is 15.4. The molecule has 1 atom stereocenters. The van der Waals surface area contributed by atoms with Gasteiger partial charge in [0.05, 0.1) is 23.8 Å². The topological polar surface area (TPSA) is 82.6 Å². The molecule has 29 heavy (non-hydrogen) atoms. The molecule has 8 heteroatoms. The molecule has 0 radical (unpaired) electrons. The van der Waals surface area contributed by atoms with Gasteiger partial charge in [0.25, 0.3) is 0 Å². The second-order valence-electron chi connectivity index (χ2n) is 7.17. The summed E-state index contributed by atoms with van der Waals surface area (Å²) >= 11 is 0. The van der Waals surface area contributed by atoms with Gasteiger partial charge in [0.2, 0.25) is 5.91 Å². The molecule has 1 saturated heterocycles. The molecule has 2 heterocycles. The van der Waals surface area contributed by atoms with Crippen LogP contribution in [-0.4, -0.2) is 52.1 Å². The van der Waals surface area contributed by atoms with Crippen molar-refractivity contribution in [3.05, 3.63) is 59.7 Å². The van der Waals surface area contributed by atoms with Crippen molar-refractivity contribution in [3.8, 4) is 0 Å². The summed E-state index contributed by atoms with van der Waals surface area (Å²) in [5, 5.41) is 2.55. The Hall–Kier alpha value is -3.29. The summed E-state index contributed by atoms with van der Waals surface area (Å²) < 4.78 is 13.9. The molecular formula is C21H23FN4O3. The summed E-state index contributed by atoms with van der Waals surface area (Å²) in [6.07, 6.45) is 1.63. The van der Waals surface area contributed by atoms with Gasteiger partial charge in [0.15, 0.2) is 0 Å². The second-order valence-corrected chi connectivity index (χ2v) is 7.17. The number of aromatic nitrogens is 1. The van der Waals surface area contributed by atoms with Crippen LogP contribution in [0.15, 0.2) is 42.6 Å². The number of nitrogens with zero attached hydrogens (tertiary/aromatic N) is 3. The zero-order valence-corrected chi connectivity index (χ0v) is 16.4. The number of nitrogens with one attached hydrogen (secondary N) is 1. The minimum Gasteiger partial charge on any atom is -0.332 e. The number of aryl methyl sites for hydroxylation is 1. The number of pyridine rings is 1. The Morgan fingerprint density at radius 1 is 1.17 bits per heavy atom. The van der Waals surface area contributed by atoms with Crippen molar-refractivity contribution in [2.75, 3.05) is 25.0 Å². The lowest BCUT2D eigenvalue weighted by Gasteiger charge is -2.34. The molecule has 1 aromatic heterocycles. The van der Waals surface area contributed by atoms with Crippen LogP contribution in [-0.2, 0) is 20.9 Å². The number of anilines is 1. The van der Waals surface area contributed by atoms with Crippen LogP contribution in [0.4, 0.5) is 10.1 Å². The number of hydrogen-bond donors (Lipinski definition) is 1. The quantitative estimate of drug-likeness (QED) is 0.755. The van der Waals surface area contributed by atoms with Gasteiger partial charge in [-0.3, -0.25) is 19.4 Å². The number of carbonyl (C=O) groups excluding carboxylic acids is 3. The maximum atomic E-state index is 13.9. The van der Waals surface area contributed by atoms with E-state index in [1.165, 1.54) is 15.9 Å². The molecule has 7 nitrogen and oxygen atoms in total. The van der Waals surface area contributed by atoms with Gasteiger partial charge >= 0.3 is 11.8 Å². The van der Waals surface area contributed by atoms with E-state index in [9.17, 15) is 18.8 Å². The highest BCUT2D eigenvalue weighted by Crippen LogP contribution is 2.17. The van der Waals surface area contributed by atoms with Gasteiger partial charge in [0.1, 0.15) is 5.82 Å². The summed E-state index contributed by atoms with van der Waals surface area (Å²) in [5.74, 6) is -2.79. The van der Waals surface area contributed by atoms with Crippen LogP contribution in [0.25, 0.3) is 0 Å². The van der Waals surface area contributed by atoms with E-state index in [4.69, 9.17) is 0 Å². The zero-order chi connectivity index (χ0) is 21.0. The highest BCUT2D eigenvalue weighted by atomic mass is 19.1. The summed E-state index contributed by atoms with van der Waals surface area (Å²) in [5.41, 5.74) is 1.62. The zero-order valence-electron chi connectivity index (χ0n) is 16.4. The summed E-state index contributed by atoms with van der Waals surface area (Å²) in [6.45, 7) is 4.48. The number of carbonyl (C=O) groups is 3.